The average molecular weight is 338 g/mol. The Labute approximate surface area is 128 Å². The van der Waals surface area contributed by atoms with Crippen LogP contribution >= 0.6 is 15.9 Å². The van der Waals surface area contributed by atoms with Gasteiger partial charge in [-0.15, -0.1) is 0 Å². The predicted molar refractivity (Wildman–Crippen MR) is 84.0 cm³/mol. The molecule has 0 aliphatic rings. The summed E-state index contributed by atoms with van der Waals surface area (Å²) in [6, 6.07) is 8.59. The monoisotopic (exact) mass is 337 g/mol. The summed E-state index contributed by atoms with van der Waals surface area (Å²) in [5.41, 5.74) is 2.36. The summed E-state index contributed by atoms with van der Waals surface area (Å²) in [5.74, 6) is 0.829. The minimum atomic E-state index is 0.184. The molecular formula is C15H20BrN3O. The third-order valence-electron chi connectivity index (χ3n) is 3.30. The first-order valence-corrected chi connectivity index (χ1v) is 7.48. The van der Waals surface area contributed by atoms with E-state index in [0.29, 0.717) is 0 Å². The number of nitrogens with one attached hydrogen (secondary N) is 1. The van der Waals surface area contributed by atoms with E-state index in [-0.39, 0.29) is 6.04 Å². The number of halogens is 1. The summed E-state index contributed by atoms with van der Waals surface area (Å²) in [7, 11) is 3.63. The largest absolute Gasteiger partial charge is 0.493 e. The van der Waals surface area contributed by atoms with Gasteiger partial charge in [-0.2, -0.15) is 5.10 Å². The number of hydrogen-bond acceptors (Lipinski definition) is 3. The second kappa shape index (κ2) is 6.90. The van der Waals surface area contributed by atoms with Crippen LogP contribution in [0.4, 0.5) is 0 Å². The van der Waals surface area contributed by atoms with Crippen LogP contribution in [-0.4, -0.2) is 23.4 Å². The van der Waals surface area contributed by atoms with Crippen molar-refractivity contribution in [2.75, 3.05) is 13.7 Å². The van der Waals surface area contributed by atoms with E-state index in [2.05, 4.69) is 57.5 Å². The molecule has 0 saturated heterocycles. The maximum atomic E-state index is 5.42. The van der Waals surface area contributed by atoms with Gasteiger partial charge in [0.25, 0.3) is 0 Å². The number of methoxy groups -OCH3 is 1. The molecule has 1 N–H and O–H groups in total. The average Bonchev–Trinajstić information content (AvgIpc) is 2.82. The SMILES string of the molecule is CCNC(Cc1ccc(Br)cc1)c1c(OC)cnn1C. The van der Waals surface area contributed by atoms with Crippen molar-refractivity contribution < 1.29 is 4.74 Å². The first-order valence-electron chi connectivity index (χ1n) is 6.69. The van der Waals surface area contributed by atoms with Gasteiger partial charge in [-0.05, 0) is 30.7 Å². The number of aryl methyl sites for hydroxylation is 1. The van der Waals surface area contributed by atoms with Crippen molar-refractivity contribution in [3.63, 3.8) is 0 Å². The number of hydrogen-bond donors (Lipinski definition) is 1. The van der Waals surface area contributed by atoms with E-state index in [1.807, 2.05) is 11.7 Å². The molecule has 1 aromatic heterocycles. The lowest BCUT2D eigenvalue weighted by molar-refractivity contribution is 0.394. The molecule has 108 valence electrons. The molecule has 1 unspecified atom stereocenters. The highest BCUT2D eigenvalue weighted by Gasteiger charge is 2.20. The third-order valence-corrected chi connectivity index (χ3v) is 3.83. The molecule has 0 spiro atoms. The fraction of sp³-hybridized carbons (Fsp3) is 0.400. The fourth-order valence-electron chi connectivity index (χ4n) is 2.35. The van der Waals surface area contributed by atoms with Crippen LogP contribution < -0.4 is 10.1 Å². The zero-order valence-electron chi connectivity index (χ0n) is 12.1. The molecule has 0 fully saturated rings. The van der Waals surface area contributed by atoms with Gasteiger partial charge in [-0.3, -0.25) is 4.68 Å². The molecule has 5 heteroatoms. The third kappa shape index (κ3) is 3.41. The Hall–Kier alpha value is -1.33. The smallest absolute Gasteiger partial charge is 0.161 e. The molecule has 0 amide bonds. The van der Waals surface area contributed by atoms with E-state index in [1.54, 1.807) is 13.3 Å². The van der Waals surface area contributed by atoms with Crippen molar-refractivity contribution in [2.45, 2.75) is 19.4 Å². The number of ether oxygens (including phenoxy) is 1. The summed E-state index contributed by atoms with van der Waals surface area (Å²) in [5, 5.41) is 7.80. The minimum Gasteiger partial charge on any atom is -0.493 e. The summed E-state index contributed by atoms with van der Waals surface area (Å²) >= 11 is 3.47. The van der Waals surface area contributed by atoms with Crippen molar-refractivity contribution in [2.24, 2.45) is 7.05 Å². The maximum Gasteiger partial charge on any atom is 0.161 e. The van der Waals surface area contributed by atoms with Crippen LogP contribution in [-0.2, 0) is 13.5 Å². The molecule has 4 nitrogen and oxygen atoms in total. The lowest BCUT2D eigenvalue weighted by Crippen LogP contribution is -2.25. The number of nitrogens with zero attached hydrogens (tertiary/aromatic N) is 2. The van der Waals surface area contributed by atoms with E-state index in [1.165, 1.54) is 5.56 Å². The quantitative estimate of drug-likeness (QED) is 0.880. The lowest BCUT2D eigenvalue weighted by atomic mass is 10.0. The summed E-state index contributed by atoms with van der Waals surface area (Å²) in [6.45, 7) is 3.01. The maximum absolute atomic E-state index is 5.42. The Balaban J connectivity index is 2.26. The van der Waals surface area contributed by atoms with Crippen molar-refractivity contribution in [1.29, 1.82) is 0 Å². The van der Waals surface area contributed by atoms with Crippen LogP contribution in [0.2, 0.25) is 0 Å². The molecule has 20 heavy (non-hydrogen) atoms. The highest BCUT2D eigenvalue weighted by molar-refractivity contribution is 9.10. The van der Waals surface area contributed by atoms with Gasteiger partial charge in [0.1, 0.15) is 0 Å². The number of benzene rings is 1. The number of aromatic nitrogens is 2. The molecule has 0 radical (unpaired) electrons. The molecule has 1 aromatic carbocycles. The van der Waals surface area contributed by atoms with Crippen LogP contribution in [0.1, 0.15) is 24.2 Å². The van der Waals surface area contributed by atoms with Crippen LogP contribution in [0.25, 0.3) is 0 Å². The van der Waals surface area contributed by atoms with E-state index in [4.69, 9.17) is 4.74 Å². The molecule has 2 aromatic rings. The van der Waals surface area contributed by atoms with E-state index >= 15 is 0 Å². The summed E-state index contributed by atoms with van der Waals surface area (Å²) in [6.07, 6.45) is 2.66. The van der Waals surface area contributed by atoms with Gasteiger partial charge in [-0.25, -0.2) is 0 Å². The molecule has 0 bridgehead atoms. The molecule has 1 atom stereocenters. The Bertz CT molecular complexity index is 551. The van der Waals surface area contributed by atoms with Gasteiger partial charge in [-0.1, -0.05) is 35.0 Å². The Morgan fingerprint density at radius 3 is 2.65 bits per heavy atom. The Kier molecular flexibility index (Phi) is 5.20. The molecular weight excluding hydrogens is 318 g/mol. The zero-order valence-corrected chi connectivity index (χ0v) is 13.6. The van der Waals surface area contributed by atoms with Crippen LogP contribution in [0.5, 0.6) is 5.75 Å². The first kappa shape index (κ1) is 15.1. The number of rotatable bonds is 6. The van der Waals surface area contributed by atoms with E-state index in [0.717, 1.165) is 28.9 Å². The van der Waals surface area contributed by atoms with Crippen molar-refractivity contribution in [3.8, 4) is 5.75 Å². The van der Waals surface area contributed by atoms with E-state index < -0.39 is 0 Å². The second-order valence-electron chi connectivity index (χ2n) is 4.66. The number of likely N-dealkylation sites (N-methyl/N-ethyl adjacent to an activating group) is 1. The topological polar surface area (TPSA) is 39.1 Å². The molecule has 1 heterocycles. The molecule has 0 aliphatic carbocycles. The van der Waals surface area contributed by atoms with Crippen LogP contribution in [0, 0.1) is 0 Å². The Morgan fingerprint density at radius 1 is 1.35 bits per heavy atom. The molecule has 0 saturated carbocycles. The first-order chi connectivity index (χ1) is 9.65. The van der Waals surface area contributed by atoms with Gasteiger partial charge < -0.3 is 10.1 Å². The van der Waals surface area contributed by atoms with Crippen molar-refractivity contribution >= 4 is 15.9 Å². The Morgan fingerprint density at radius 2 is 2.05 bits per heavy atom. The van der Waals surface area contributed by atoms with Gasteiger partial charge in [0.05, 0.1) is 25.0 Å². The van der Waals surface area contributed by atoms with Gasteiger partial charge in [0, 0.05) is 11.5 Å². The van der Waals surface area contributed by atoms with Crippen molar-refractivity contribution in [1.82, 2.24) is 15.1 Å². The summed E-state index contributed by atoms with van der Waals surface area (Å²) in [4.78, 5) is 0. The molecule has 0 aliphatic heterocycles. The van der Waals surface area contributed by atoms with Gasteiger partial charge >= 0.3 is 0 Å². The van der Waals surface area contributed by atoms with Gasteiger partial charge in [0.2, 0.25) is 0 Å². The standard InChI is InChI=1S/C15H20BrN3O/c1-4-17-13(9-11-5-7-12(16)8-6-11)15-14(20-3)10-18-19(15)2/h5-8,10,13,17H,4,9H2,1-3H3. The normalized spacial score (nSPS) is 12.4. The van der Waals surface area contributed by atoms with Gasteiger partial charge in [0.15, 0.2) is 5.75 Å². The van der Waals surface area contributed by atoms with Crippen molar-refractivity contribution in [3.05, 3.63) is 46.2 Å². The molecule has 2 rings (SSSR count). The lowest BCUT2D eigenvalue weighted by Gasteiger charge is -2.19. The minimum absolute atomic E-state index is 0.184. The summed E-state index contributed by atoms with van der Waals surface area (Å²) < 4.78 is 8.40. The fourth-order valence-corrected chi connectivity index (χ4v) is 2.61. The highest BCUT2D eigenvalue weighted by Crippen LogP contribution is 2.27. The van der Waals surface area contributed by atoms with E-state index in [9.17, 15) is 0 Å². The van der Waals surface area contributed by atoms with Crippen LogP contribution in [0.3, 0.4) is 0 Å². The van der Waals surface area contributed by atoms with Crippen LogP contribution in [0.15, 0.2) is 34.9 Å². The highest BCUT2D eigenvalue weighted by atomic mass is 79.9. The second-order valence-corrected chi connectivity index (χ2v) is 5.58. The predicted octanol–water partition coefficient (Wildman–Crippen LogP) is 3.08. The zero-order chi connectivity index (χ0) is 14.5.